The van der Waals surface area contributed by atoms with Crippen molar-refractivity contribution in [3.8, 4) is 11.5 Å². The second kappa shape index (κ2) is 5.20. The fraction of sp³-hybridized carbons (Fsp3) is 0.308. The summed E-state index contributed by atoms with van der Waals surface area (Å²) in [6.45, 7) is 0. The fourth-order valence-corrected chi connectivity index (χ4v) is 2.27. The smallest absolute Gasteiger partial charge is 0.307 e. The zero-order valence-electron chi connectivity index (χ0n) is 10.5. The number of carboxylic acid groups (broad SMARTS) is 1. The Labute approximate surface area is 114 Å². The van der Waals surface area contributed by atoms with Crippen molar-refractivity contribution in [1.82, 2.24) is 20.1 Å². The molecule has 1 aliphatic rings. The number of aromatic nitrogens is 4. The molecule has 0 saturated carbocycles. The lowest BCUT2D eigenvalue weighted by Crippen LogP contribution is -2.23. The lowest BCUT2D eigenvalue weighted by Gasteiger charge is -2.21. The summed E-state index contributed by atoms with van der Waals surface area (Å²) in [4.78, 5) is 23.4. The topological polar surface area (TPSA) is 102 Å². The minimum atomic E-state index is -0.846. The predicted octanol–water partition coefficient (Wildman–Crippen LogP) is 1.66. The molecule has 7 nitrogen and oxygen atoms in total. The first kappa shape index (κ1) is 12.5. The van der Waals surface area contributed by atoms with Gasteiger partial charge < -0.3 is 9.63 Å². The summed E-state index contributed by atoms with van der Waals surface area (Å²) in [7, 11) is 0. The van der Waals surface area contributed by atoms with Crippen LogP contribution in [0, 0.1) is 5.92 Å². The van der Waals surface area contributed by atoms with Gasteiger partial charge in [0.05, 0.1) is 11.8 Å². The molecule has 0 radical (unpaired) electrons. The molecule has 0 fully saturated rings. The minimum Gasteiger partial charge on any atom is -0.481 e. The van der Waals surface area contributed by atoms with Crippen molar-refractivity contribution in [3.05, 3.63) is 36.6 Å². The summed E-state index contributed by atoms with van der Waals surface area (Å²) in [5.74, 6) is -0.975. The van der Waals surface area contributed by atoms with E-state index in [4.69, 9.17) is 4.52 Å². The monoisotopic (exact) mass is 272 g/mol. The van der Waals surface area contributed by atoms with E-state index in [1.807, 2.05) is 12.2 Å². The van der Waals surface area contributed by atoms with Gasteiger partial charge in [0.1, 0.15) is 12.0 Å². The quantitative estimate of drug-likeness (QED) is 0.847. The molecule has 20 heavy (non-hydrogen) atoms. The Kier molecular flexibility index (Phi) is 3.24. The second-order valence-corrected chi connectivity index (χ2v) is 4.54. The van der Waals surface area contributed by atoms with Crippen LogP contribution in [0.3, 0.4) is 0 Å². The van der Waals surface area contributed by atoms with Crippen LogP contribution in [0.5, 0.6) is 0 Å². The van der Waals surface area contributed by atoms with Gasteiger partial charge in [0.25, 0.3) is 0 Å². The van der Waals surface area contributed by atoms with Gasteiger partial charge in [0.2, 0.25) is 11.7 Å². The number of hydrogen-bond acceptors (Lipinski definition) is 6. The third-order valence-corrected chi connectivity index (χ3v) is 3.32. The Balaban J connectivity index is 1.90. The van der Waals surface area contributed by atoms with Gasteiger partial charge in [-0.15, -0.1) is 0 Å². The number of allylic oxidation sites excluding steroid dienone is 2. The van der Waals surface area contributed by atoms with E-state index >= 15 is 0 Å². The summed E-state index contributed by atoms with van der Waals surface area (Å²) in [5.41, 5.74) is 0.549. The Morgan fingerprint density at radius 1 is 1.35 bits per heavy atom. The summed E-state index contributed by atoms with van der Waals surface area (Å²) in [6.07, 6.45) is 7.86. The SMILES string of the molecule is O=C(O)C1CC=CCC1c1nc(-c2ccncn2)no1. The van der Waals surface area contributed by atoms with Crippen LogP contribution >= 0.6 is 0 Å². The molecule has 1 aliphatic carbocycles. The lowest BCUT2D eigenvalue weighted by atomic mass is 9.83. The molecule has 102 valence electrons. The molecule has 0 aromatic carbocycles. The van der Waals surface area contributed by atoms with Crippen molar-refractivity contribution < 1.29 is 14.4 Å². The van der Waals surface area contributed by atoms with Gasteiger partial charge >= 0.3 is 5.97 Å². The number of nitrogens with zero attached hydrogens (tertiary/aromatic N) is 4. The molecule has 0 spiro atoms. The fourth-order valence-electron chi connectivity index (χ4n) is 2.27. The van der Waals surface area contributed by atoms with Gasteiger partial charge in [-0.1, -0.05) is 17.3 Å². The van der Waals surface area contributed by atoms with Crippen LogP contribution in [-0.2, 0) is 4.79 Å². The molecule has 1 N–H and O–H groups in total. The first-order valence-corrected chi connectivity index (χ1v) is 6.23. The van der Waals surface area contributed by atoms with E-state index < -0.39 is 11.9 Å². The van der Waals surface area contributed by atoms with Crippen LogP contribution in [-0.4, -0.2) is 31.2 Å². The Morgan fingerprint density at radius 3 is 2.95 bits per heavy atom. The van der Waals surface area contributed by atoms with Gasteiger partial charge in [0.15, 0.2) is 0 Å². The van der Waals surface area contributed by atoms with Crippen molar-refractivity contribution in [3.63, 3.8) is 0 Å². The van der Waals surface area contributed by atoms with Crippen molar-refractivity contribution >= 4 is 5.97 Å². The summed E-state index contributed by atoms with van der Waals surface area (Å²) < 4.78 is 5.22. The average molecular weight is 272 g/mol. The molecular formula is C13H12N4O3. The van der Waals surface area contributed by atoms with Crippen LogP contribution in [0.15, 0.2) is 35.3 Å². The van der Waals surface area contributed by atoms with Crippen LogP contribution in [0.25, 0.3) is 11.5 Å². The maximum atomic E-state index is 11.3. The molecule has 0 saturated heterocycles. The molecule has 2 aromatic rings. The van der Waals surface area contributed by atoms with Gasteiger partial charge in [-0.25, -0.2) is 9.97 Å². The van der Waals surface area contributed by atoms with Crippen molar-refractivity contribution in [2.75, 3.05) is 0 Å². The van der Waals surface area contributed by atoms with Gasteiger partial charge in [0, 0.05) is 6.20 Å². The normalized spacial score (nSPS) is 21.8. The molecular weight excluding hydrogens is 260 g/mol. The lowest BCUT2D eigenvalue weighted by molar-refractivity contribution is -0.142. The highest BCUT2D eigenvalue weighted by Crippen LogP contribution is 2.34. The molecule has 0 amide bonds. The molecule has 7 heteroatoms. The van der Waals surface area contributed by atoms with E-state index in [0.29, 0.717) is 30.3 Å². The van der Waals surface area contributed by atoms with Crippen LogP contribution in [0.2, 0.25) is 0 Å². The Bertz CT molecular complexity index is 638. The van der Waals surface area contributed by atoms with E-state index in [2.05, 4.69) is 20.1 Å². The van der Waals surface area contributed by atoms with E-state index in [-0.39, 0.29) is 5.92 Å². The number of carboxylic acids is 1. The molecule has 3 rings (SSSR count). The van der Waals surface area contributed by atoms with Crippen molar-refractivity contribution in [2.45, 2.75) is 18.8 Å². The molecule has 2 heterocycles. The van der Waals surface area contributed by atoms with E-state index in [9.17, 15) is 9.90 Å². The largest absolute Gasteiger partial charge is 0.481 e. The van der Waals surface area contributed by atoms with Crippen LogP contribution < -0.4 is 0 Å². The zero-order chi connectivity index (χ0) is 13.9. The highest BCUT2D eigenvalue weighted by Gasteiger charge is 2.34. The highest BCUT2D eigenvalue weighted by molar-refractivity contribution is 5.71. The molecule has 0 aliphatic heterocycles. The van der Waals surface area contributed by atoms with Gasteiger partial charge in [-0.3, -0.25) is 4.79 Å². The number of rotatable bonds is 3. The highest BCUT2D eigenvalue weighted by atomic mass is 16.5. The van der Waals surface area contributed by atoms with Gasteiger partial charge in [-0.05, 0) is 18.9 Å². The predicted molar refractivity (Wildman–Crippen MR) is 67.6 cm³/mol. The molecule has 2 atom stereocenters. The summed E-state index contributed by atoms with van der Waals surface area (Å²) in [6, 6.07) is 1.67. The average Bonchev–Trinajstić information content (AvgIpc) is 2.98. The number of hydrogen-bond donors (Lipinski definition) is 1. The van der Waals surface area contributed by atoms with E-state index in [0.717, 1.165) is 0 Å². The Hall–Kier alpha value is -2.57. The summed E-state index contributed by atoms with van der Waals surface area (Å²) >= 11 is 0. The zero-order valence-corrected chi connectivity index (χ0v) is 10.5. The standard InChI is InChI=1S/C13H12N4O3/c18-13(19)9-4-2-1-3-8(9)12-16-11(17-20-12)10-5-6-14-7-15-10/h1-2,5-9H,3-4H2,(H,18,19). The van der Waals surface area contributed by atoms with Crippen molar-refractivity contribution in [2.24, 2.45) is 5.92 Å². The summed E-state index contributed by atoms with van der Waals surface area (Å²) in [5, 5.41) is 13.1. The first-order chi connectivity index (χ1) is 9.75. The third kappa shape index (κ3) is 2.29. The maximum absolute atomic E-state index is 11.3. The maximum Gasteiger partial charge on any atom is 0.307 e. The third-order valence-electron chi connectivity index (χ3n) is 3.32. The molecule has 2 unspecified atom stereocenters. The van der Waals surface area contributed by atoms with Crippen LogP contribution in [0.4, 0.5) is 0 Å². The van der Waals surface area contributed by atoms with E-state index in [1.54, 1.807) is 12.3 Å². The van der Waals surface area contributed by atoms with Gasteiger partial charge in [-0.2, -0.15) is 4.98 Å². The van der Waals surface area contributed by atoms with Crippen molar-refractivity contribution in [1.29, 1.82) is 0 Å². The first-order valence-electron chi connectivity index (χ1n) is 6.23. The molecule has 0 bridgehead atoms. The molecule has 2 aromatic heterocycles. The number of carbonyl (C=O) groups is 1. The Morgan fingerprint density at radius 2 is 2.20 bits per heavy atom. The minimum absolute atomic E-state index is 0.291. The van der Waals surface area contributed by atoms with E-state index in [1.165, 1.54) is 6.33 Å². The van der Waals surface area contributed by atoms with Crippen LogP contribution in [0.1, 0.15) is 24.7 Å². The number of aliphatic carboxylic acids is 1. The second-order valence-electron chi connectivity index (χ2n) is 4.54.